The van der Waals surface area contributed by atoms with Gasteiger partial charge in [-0.15, -0.1) is 9.42 Å². The van der Waals surface area contributed by atoms with Gasteiger partial charge in [0, 0.05) is 17.4 Å². The first-order chi connectivity index (χ1) is 23.0. The quantitative estimate of drug-likeness (QED) is 0.0392. The summed E-state index contributed by atoms with van der Waals surface area (Å²) < 4.78 is 26.5. The average Bonchev–Trinajstić information content (AvgIpc) is 3.05. The Bertz CT molecular complexity index is 703. The molecule has 278 valence electrons. The van der Waals surface area contributed by atoms with E-state index in [1.807, 2.05) is 0 Å². The monoisotopic (exact) mass is 688 g/mol. The predicted octanol–water partition coefficient (Wildman–Crippen LogP) is 12.6. The Morgan fingerprint density at radius 1 is 0.468 bits per heavy atom. The molecule has 47 heavy (non-hydrogen) atoms. The Kier molecular flexibility index (Phi) is 36.9. The van der Waals surface area contributed by atoms with E-state index in [0.29, 0.717) is 6.42 Å². The Hall–Kier alpha value is -1.04. The molecule has 0 rings (SSSR count). The van der Waals surface area contributed by atoms with Crippen LogP contribution in [0.25, 0.3) is 0 Å². The van der Waals surface area contributed by atoms with E-state index in [2.05, 4.69) is 13.8 Å². The predicted molar refractivity (Wildman–Crippen MR) is 196 cm³/mol. The lowest BCUT2D eigenvalue weighted by Gasteiger charge is -2.15. The van der Waals surface area contributed by atoms with Gasteiger partial charge in [-0.2, -0.15) is 0 Å². The highest BCUT2D eigenvalue weighted by Gasteiger charge is 2.23. The van der Waals surface area contributed by atoms with Gasteiger partial charge in [0.15, 0.2) is 6.10 Å². The molecule has 0 spiro atoms. The number of ether oxygens (including phenoxy) is 2. The molecule has 0 radical (unpaired) electrons. The molecule has 0 heterocycles. The SMILES string of the molecule is CCCCCCCCCCCCCCCCCC(=O)OC[C@H](CO[P+](=O)O)OC(=O)CCCCCCCCCCCCCCCCC. The van der Waals surface area contributed by atoms with Gasteiger partial charge in [-0.25, -0.2) is 0 Å². The van der Waals surface area contributed by atoms with Crippen LogP contribution >= 0.6 is 8.25 Å². The number of unbranched alkanes of at least 4 members (excludes halogenated alkanes) is 28. The molecule has 8 heteroatoms. The molecule has 0 bridgehead atoms. The van der Waals surface area contributed by atoms with Crippen molar-refractivity contribution in [2.75, 3.05) is 13.2 Å². The van der Waals surface area contributed by atoms with E-state index in [1.165, 1.54) is 154 Å². The second-order valence-corrected chi connectivity index (χ2v) is 14.5. The third-order valence-electron chi connectivity index (χ3n) is 9.07. The number of hydrogen-bond donors (Lipinski definition) is 1. The maximum Gasteiger partial charge on any atom is 0.694 e. The maximum atomic E-state index is 12.4. The van der Waals surface area contributed by atoms with Crippen molar-refractivity contribution in [2.45, 2.75) is 225 Å². The molecule has 0 aliphatic carbocycles. The first-order valence-electron chi connectivity index (χ1n) is 20.1. The Labute approximate surface area is 291 Å². The summed E-state index contributed by atoms with van der Waals surface area (Å²) in [4.78, 5) is 33.6. The second-order valence-electron chi connectivity index (χ2n) is 13.7. The molecule has 1 N–H and O–H groups in total. The van der Waals surface area contributed by atoms with Crippen LogP contribution in [0.3, 0.4) is 0 Å². The van der Waals surface area contributed by atoms with E-state index in [9.17, 15) is 14.2 Å². The van der Waals surface area contributed by atoms with E-state index in [4.69, 9.17) is 18.9 Å². The van der Waals surface area contributed by atoms with Gasteiger partial charge in [0.2, 0.25) is 0 Å². The van der Waals surface area contributed by atoms with Gasteiger partial charge >= 0.3 is 20.2 Å². The fourth-order valence-corrected chi connectivity index (χ4v) is 6.34. The maximum absolute atomic E-state index is 12.4. The van der Waals surface area contributed by atoms with Gasteiger partial charge in [-0.1, -0.05) is 194 Å². The third kappa shape index (κ3) is 37.6. The molecule has 0 saturated heterocycles. The number of hydrogen-bond acceptors (Lipinski definition) is 6. The molecule has 2 atom stereocenters. The van der Waals surface area contributed by atoms with Crippen molar-refractivity contribution >= 4 is 20.2 Å². The zero-order valence-electron chi connectivity index (χ0n) is 31.0. The van der Waals surface area contributed by atoms with Gasteiger partial charge in [0.1, 0.15) is 13.2 Å². The van der Waals surface area contributed by atoms with Crippen LogP contribution in [0.15, 0.2) is 0 Å². The van der Waals surface area contributed by atoms with E-state index < -0.39 is 14.4 Å². The molecule has 1 unspecified atom stereocenters. The zero-order valence-corrected chi connectivity index (χ0v) is 31.9. The highest BCUT2D eigenvalue weighted by atomic mass is 31.1. The fraction of sp³-hybridized carbons (Fsp3) is 0.949. The standard InChI is InChI=1S/C39H75O7P/c1-3-5-7-9-11-13-15-17-19-21-23-25-27-29-31-33-38(40)44-35-37(36-45-47(42)43)46-39(41)34-32-30-28-26-24-22-20-18-16-14-12-10-8-6-4-2/h37H,3-36H2,1-2H3/p+1/t37-/m1/s1. The van der Waals surface area contributed by atoms with Gasteiger partial charge in [-0.05, 0) is 12.8 Å². The normalized spacial score (nSPS) is 12.3. The molecule has 0 aromatic heterocycles. The average molecular weight is 688 g/mol. The number of carbonyl (C=O) groups is 2. The second kappa shape index (κ2) is 37.8. The van der Waals surface area contributed by atoms with Crippen LogP contribution in [0.5, 0.6) is 0 Å². The Morgan fingerprint density at radius 3 is 1.09 bits per heavy atom. The van der Waals surface area contributed by atoms with Crippen LogP contribution in [-0.2, 0) is 28.2 Å². The van der Waals surface area contributed by atoms with Crippen molar-refractivity contribution < 1.29 is 33.0 Å². The van der Waals surface area contributed by atoms with E-state index in [0.717, 1.165) is 38.5 Å². The van der Waals surface area contributed by atoms with Crippen molar-refractivity contribution in [1.29, 1.82) is 0 Å². The van der Waals surface area contributed by atoms with Crippen LogP contribution < -0.4 is 0 Å². The third-order valence-corrected chi connectivity index (χ3v) is 9.44. The summed E-state index contributed by atoms with van der Waals surface area (Å²) in [5.41, 5.74) is 0. The van der Waals surface area contributed by atoms with E-state index in [1.54, 1.807) is 0 Å². The molecule has 0 aliphatic heterocycles. The van der Waals surface area contributed by atoms with Gasteiger partial charge in [-0.3, -0.25) is 9.59 Å². The molecule has 0 fully saturated rings. The first-order valence-corrected chi connectivity index (χ1v) is 21.3. The lowest BCUT2D eigenvalue weighted by atomic mass is 10.0. The summed E-state index contributed by atoms with van der Waals surface area (Å²) in [5, 5.41) is 0. The lowest BCUT2D eigenvalue weighted by Crippen LogP contribution is -2.29. The Morgan fingerprint density at radius 2 is 0.766 bits per heavy atom. The Balaban J connectivity index is 3.78. The summed E-state index contributed by atoms with van der Waals surface area (Å²) >= 11 is 0. The van der Waals surface area contributed by atoms with Crippen molar-refractivity contribution in [3.05, 3.63) is 0 Å². The summed E-state index contributed by atoms with van der Waals surface area (Å²) in [6.45, 7) is 4.09. The summed E-state index contributed by atoms with van der Waals surface area (Å²) in [6, 6.07) is 0. The van der Waals surface area contributed by atoms with Crippen LogP contribution in [0, 0.1) is 0 Å². The smallest absolute Gasteiger partial charge is 0.462 e. The van der Waals surface area contributed by atoms with Crippen LogP contribution in [0.1, 0.15) is 219 Å². The van der Waals surface area contributed by atoms with Gasteiger partial charge in [0.05, 0.1) is 0 Å². The molecular weight excluding hydrogens is 611 g/mol. The number of carbonyl (C=O) groups excluding carboxylic acids is 2. The minimum absolute atomic E-state index is 0.161. The molecule has 0 aromatic carbocycles. The minimum atomic E-state index is -2.82. The molecule has 7 nitrogen and oxygen atoms in total. The van der Waals surface area contributed by atoms with E-state index in [-0.39, 0.29) is 31.6 Å². The van der Waals surface area contributed by atoms with Crippen LogP contribution in [-0.4, -0.2) is 36.1 Å². The van der Waals surface area contributed by atoms with Crippen molar-refractivity contribution in [1.82, 2.24) is 0 Å². The van der Waals surface area contributed by atoms with Gasteiger partial charge in [0.25, 0.3) is 0 Å². The van der Waals surface area contributed by atoms with Crippen LogP contribution in [0.2, 0.25) is 0 Å². The highest BCUT2D eigenvalue weighted by Crippen LogP contribution is 2.18. The van der Waals surface area contributed by atoms with Crippen molar-refractivity contribution in [2.24, 2.45) is 0 Å². The number of esters is 2. The lowest BCUT2D eigenvalue weighted by molar-refractivity contribution is -0.161. The fourth-order valence-electron chi connectivity index (χ4n) is 6.05. The van der Waals surface area contributed by atoms with Gasteiger partial charge < -0.3 is 9.47 Å². The van der Waals surface area contributed by atoms with Crippen molar-refractivity contribution in [3.8, 4) is 0 Å². The molecule has 0 saturated carbocycles. The number of rotatable bonds is 38. The molecule has 0 amide bonds. The van der Waals surface area contributed by atoms with Crippen LogP contribution in [0.4, 0.5) is 0 Å². The summed E-state index contributed by atoms with van der Waals surface area (Å²) in [6.07, 6.45) is 37.6. The summed E-state index contributed by atoms with van der Waals surface area (Å²) in [5.74, 6) is -0.726. The molecule has 0 aliphatic rings. The highest BCUT2D eigenvalue weighted by molar-refractivity contribution is 7.32. The zero-order chi connectivity index (χ0) is 34.5. The molecular formula is C39H76O7P+. The molecule has 0 aromatic rings. The summed E-state index contributed by atoms with van der Waals surface area (Å²) in [7, 11) is -2.82. The minimum Gasteiger partial charge on any atom is -0.462 e. The first kappa shape index (κ1) is 46.0. The van der Waals surface area contributed by atoms with Crippen molar-refractivity contribution in [3.63, 3.8) is 0 Å². The van der Waals surface area contributed by atoms with E-state index >= 15 is 0 Å². The largest absolute Gasteiger partial charge is 0.694 e. The topological polar surface area (TPSA) is 99.1 Å².